The summed E-state index contributed by atoms with van der Waals surface area (Å²) in [6.45, 7) is 10.7. The molecule has 7 nitrogen and oxygen atoms in total. The predicted molar refractivity (Wildman–Crippen MR) is 103 cm³/mol. The van der Waals surface area contributed by atoms with Gasteiger partial charge in [0, 0.05) is 29.7 Å². The average molecular weight is 375 g/mol. The average Bonchev–Trinajstić information content (AvgIpc) is 3.14. The van der Waals surface area contributed by atoms with E-state index in [4.69, 9.17) is 5.73 Å². The van der Waals surface area contributed by atoms with E-state index in [0.717, 1.165) is 42.2 Å². The third-order valence-corrected chi connectivity index (χ3v) is 5.83. The Bertz CT molecular complexity index is 852. The molecule has 140 valence electrons. The van der Waals surface area contributed by atoms with Crippen LogP contribution in [-0.4, -0.2) is 39.6 Å². The molecule has 3 heterocycles. The summed E-state index contributed by atoms with van der Waals surface area (Å²) in [4.78, 5) is 28.1. The minimum Gasteiger partial charge on any atom is -0.365 e. The predicted octanol–water partition coefficient (Wildman–Crippen LogP) is 2.56. The molecule has 2 aromatic heterocycles. The molecule has 3 N–H and O–H groups in total. The van der Waals surface area contributed by atoms with Crippen LogP contribution in [0.1, 0.15) is 63.8 Å². The van der Waals surface area contributed by atoms with Gasteiger partial charge in [-0.15, -0.1) is 11.3 Å². The van der Waals surface area contributed by atoms with Crippen molar-refractivity contribution in [2.75, 3.05) is 18.4 Å². The molecule has 0 spiro atoms. The molecule has 2 aromatic rings. The molecule has 0 saturated carbocycles. The van der Waals surface area contributed by atoms with Crippen LogP contribution in [0, 0.1) is 6.92 Å². The lowest BCUT2D eigenvalue weighted by Gasteiger charge is -2.25. The number of fused-ring (bicyclic) bond motifs is 1. The molecule has 26 heavy (non-hydrogen) atoms. The highest BCUT2D eigenvalue weighted by molar-refractivity contribution is 7.17. The Morgan fingerprint density at radius 2 is 2.15 bits per heavy atom. The summed E-state index contributed by atoms with van der Waals surface area (Å²) < 4.78 is 1.81. The van der Waals surface area contributed by atoms with Crippen molar-refractivity contribution in [3.05, 3.63) is 33.5 Å². The number of anilines is 1. The molecule has 0 fully saturated rings. The third-order valence-electron chi connectivity index (χ3n) is 4.70. The maximum Gasteiger partial charge on any atom is 0.276 e. The third kappa shape index (κ3) is 3.39. The molecule has 8 heteroatoms. The lowest BCUT2D eigenvalue weighted by atomic mass is 10.0. The standard InChI is InChI=1S/C18H25N5O2S/c1-5-22-7-6-12-14(9-22)26-18(15(12)16(19)24)20-17(25)13-8-11(4)23(21-13)10(2)3/h8,10H,5-7,9H2,1-4H3,(H2,19,24)(H,20,25). The molecule has 0 atom stereocenters. The highest BCUT2D eigenvalue weighted by Gasteiger charge is 2.27. The van der Waals surface area contributed by atoms with Crippen LogP contribution in [-0.2, 0) is 13.0 Å². The molecule has 0 bridgehead atoms. The van der Waals surface area contributed by atoms with Gasteiger partial charge in [0.15, 0.2) is 5.69 Å². The number of hydrogen-bond acceptors (Lipinski definition) is 5. The second-order valence-corrected chi connectivity index (χ2v) is 7.96. The lowest BCUT2D eigenvalue weighted by Crippen LogP contribution is -2.30. The topological polar surface area (TPSA) is 93.2 Å². The second kappa shape index (κ2) is 7.20. The van der Waals surface area contributed by atoms with Gasteiger partial charge in [-0.2, -0.15) is 5.10 Å². The number of thiophene rings is 1. The van der Waals surface area contributed by atoms with Gasteiger partial charge in [-0.25, -0.2) is 0 Å². The van der Waals surface area contributed by atoms with Crippen LogP contribution in [0.5, 0.6) is 0 Å². The molecule has 2 amide bonds. The van der Waals surface area contributed by atoms with E-state index in [0.29, 0.717) is 16.3 Å². The van der Waals surface area contributed by atoms with Gasteiger partial charge in [0.1, 0.15) is 5.00 Å². The van der Waals surface area contributed by atoms with Crippen LogP contribution < -0.4 is 11.1 Å². The first-order valence-electron chi connectivity index (χ1n) is 8.86. The number of amides is 2. The minimum absolute atomic E-state index is 0.173. The van der Waals surface area contributed by atoms with E-state index < -0.39 is 5.91 Å². The van der Waals surface area contributed by atoms with Crippen LogP contribution in [0.25, 0.3) is 0 Å². The van der Waals surface area contributed by atoms with Crippen molar-refractivity contribution in [1.29, 1.82) is 0 Å². The maximum absolute atomic E-state index is 12.7. The smallest absolute Gasteiger partial charge is 0.276 e. The number of carbonyl (C=O) groups is 2. The summed E-state index contributed by atoms with van der Waals surface area (Å²) >= 11 is 1.44. The minimum atomic E-state index is -0.494. The summed E-state index contributed by atoms with van der Waals surface area (Å²) in [5.74, 6) is -0.812. The molecule has 0 aromatic carbocycles. The van der Waals surface area contributed by atoms with Gasteiger partial charge in [0.25, 0.3) is 11.8 Å². The van der Waals surface area contributed by atoms with Crippen molar-refractivity contribution in [2.24, 2.45) is 5.73 Å². The zero-order valence-electron chi connectivity index (χ0n) is 15.6. The van der Waals surface area contributed by atoms with E-state index in [1.165, 1.54) is 11.3 Å². The monoisotopic (exact) mass is 375 g/mol. The van der Waals surface area contributed by atoms with Gasteiger partial charge in [0.05, 0.1) is 5.56 Å². The summed E-state index contributed by atoms with van der Waals surface area (Å²) in [6.07, 6.45) is 0.773. The van der Waals surface area contributed by atoms with Crippen LogP contribution in [0.3, 0.4) is 0 Å². The first kappa shape index (κ1) is 18.6. The molecule has 1 aliphatic heterocycles. The van der Waals surface area contributed by atoms with Gasteiger partial charge < -0.3 is 11.1 Å². The zero-order valence-corrected chi connectivity index (χ0v) is 16.4. The number of nitrogens with one attached hydrogen (secondary N) is 1. The quantitative estimate of drug-likeness (QED) is 0.840. The Balaban J connectivity index is 1.90. The van der Waals surface area contributed by atoms with E-state index in [2.05, 4.69) is 22.2 Å². The molecule has 0 aliphatic carbocycles. The number of nitrogens with zero attached hydrogens (tertiary/aromatic N) is 3. The fourth-order valence-corrected chi connectivity index (χ4v) is 4.65. The van der Waals surface area contributed by atoms with Crippen molar-refractivity contribution in [2.45, 2.75) is 46.7 Å². The van der Waals surface area contributed by atoms with E-state index in [-0.39, 0.29) is 11.9 Å². The maximum atomic E-state index is 12.7. The van der Waals surface area contributed by atoms with E-state index >= 15 is 0 Å². The van der Waals surface area contributed by atoms with E-state index in [1.54, 1.807) is 6.07 Å². The number of aryl methyl sites for hydroxylation is 1. The highest BCUT2D eigenvalue weighted by Crippen LogP contribution is 2.37. The zero-order chi connectivity index (χ0) is 19.0. The normalized spacial score (nSPS) is 14.5. The first-order valence-corrected chi connectivity index (χ1v) is 9.67. The van der Waals surface area contributed by atoms with Gasteiger partial charge in [-0.05, 0) is 45.4 Å². The Morgan fingerprint density at radius 3 is 2.73 bits per heavy atom. The summed E-state index contributed by atoms with van der Waals surface area (Å²) in [5.41, 5.74) is 8.31. The van der Waals surface area contributed by atoms with Crippen molar-refractivity contribution < 1.29 is 9.59 Å². The fourth-order valence-electron chi connectivity index (χ4n) is 3.36. The fraction of sp³-hybridized carbons (Fsp3) is 0.500. The van der Waals surface area contributed by atoms with E-state index in [1.807, 2.05) is 25.5 Å². The van der Waals surface area contributed by atoms with Crippen LogP contribution in [0.15, 0.2) is 6.07 Å². The van der Waals surface area contributed by atoms with Gasteiger partial charge in [0.2, 0.25) is 0 Å². The Morgan fingerprint density at radius 1 is 1.42 bits per heavy atom. The van der Waals surface area contributed by atoms with E-state index in [9.17, 15) is 9.59 Å². The Hall–Kier alpha value is -2.19. The molecule has 3 rings (SSSR count). The first-order chi connectivity index (χ1) is 12.3. The number of aromatic nitrogens is 2. The van der Waals surface area contributed by atoms with Gasteiger partial charge in [-0.1, -0.05) is 6.92 Å². The number of hydrogen-bond donors (Lipinski definition) is 2. The second-order valence-electron chi connectivity index (χ2n) is 6.85. The molecule has 0 saturated heterocycles. The highest BCUT2D eigenvalue weighted by atomic mass is 32.1. The summed E-state index contributed by atoms with van der Waals surface area (Å²) in [6, 6.07) is 1.93. The summed E-state index contributed by atoms with van der Waals surface area (Å²) in [5, 5.41) is 7.76. The molecular weight excluding hydrogens is 350 g/mol. The van der Waals surface area contributed by atoms with Crippen LogP contribution >= 0.6 is 11.3 Å². The summed E-state index contributed by atoms with van der Waals surface area (Å²) in [7, 11) is 0. The number of likely N-dealkylation sites (N-methyl/N-ethyl adjacent to an activating group) is 1. The number of rotatable bonds is 5. The van der Waals surface area contributed by atoms with Crippen molar-refractivity contribution in [3.63, 3.8) is 0 Å². The number of primary amides is 1. The van der Waals surface area contributed by atoms with Crippen LogP contribution in [0.4, 0.5) is 5.00 Å². The van der Waals surface area contributed by atoms with Crippen LogP contribution in [0.2, 0.25) is 0 Å². The van der Waals surface area contributed by atoms with Crippen molar-refractivity contribution in [1.82, 2.24) is 14.7 Å². The molecular formula is C18H25N5O2S. The Kier molecular flexibility index (Phi) is 5.15. The van der Waals surface area contributed by atoms with Crippen molar-refractivity contribution >= 4 is 28.2 Å². The largest absolute Gasteiger partial charge is 0.365 e. The lowest BCUT2D eigenvalue weighted by molar-refractivity contribution is 0.1000. The Labute approximate surface area is 157 Å². The van der Waals surface area contributed by atoms with Gasteiger partial charge >= 0.3 is 0 Å². The number of nitrogens with two attached hydrogens (primary N) is 1. The number of carbonyl (C=O) groups excluding carboxylic acids is 2. The van der Waals surface area contributed by atoms with Gasteiger partial charge in [-0.3, -0.25) is 19.2 Å². The SMILES string of the molecule is CCN1CCc2c(sc(NC(=O)c3cc(C)n(C(C)C)n3)c2C(N)=O)C1. The molecule has 1 aliphatic rings. The van der Waals surface area contributed by atoms with Crippen molar-refractivity contribution in [3.8, 4) is 0 Å². The molecule has 0 unspecified atom stereocenters. The molecule has 0 radical (unpaired) electrons.